The van der Waals surface area contributed by atoms with Crippen molar-refractivity contribution < 1.29 is 17.9 Å². The van der Waals surface area contributed by atoms with Crippen LogP contribution in [0.15, 0.2) is 40.9 Å². The Balaban J connectivity index is 1.63. The Kier molecular flexibility index (Phi) is 4.31. The van der Waals surface area contributed by atoms with Crippen molar-refractivity contribution in [1.29, 1.82) is 0 Å². The summed E-state index contributed by atoms with van der Waals surface area (Å²) in [6, 6.07) is 10.9. The van der Waals surface area contributed by atoms with Crippen molar-refractivity contribution in [3.63, 3.8) is 0 Å². The topological polar surface area (TPSA) is 55.5 Å². The van der Waals surface area contributed by atoms with Crippen LogP contribution in [0.2, 0.25) is 0 Å². The Morgan fingerprint density at radius 2 is 1.85 bits per heavy atom. The molecule has 1 fully saturated rings. The van der Waals surface area contributed by atoms with Crippen molar-refractivity contribution >= 4 is 27.4 Å². The number of alkyl halides is 3. The number of anilines is 1. The van der Waals surface area contributed by atoms with Crippen LogP contribution >= 0.6 is 15.9 Å². The van der Waals surface area contributed by atoms with Gasteiger partial charge < -0.3 is 9.64 Å². The third-order valence-corrected chi connectivity index (χ3v) is 4.66. The lowest BCUT2D eigenvalue weighted by Crippen LogP contribution is -2.39. The molecule has 3 aromatic rings. The average Bonchev–Trinajstić information content (AvgIpc) is 3.06. The van der Waals surface area contributed by atoms with Crippen molar-refractivity contribution in [3.8, 4) is 0 Å². The van der Waals surface area contributed by atoms with E-state index in [0.717, 1.165) is 14.6 Å². The lowest BCUT2D eigenvalue weighted by atomic mass is 10.1. The van der Waals surface area contributed by atoms with Gasteiger partial charge in [-0.1, -0.05) is 28.1 Å². The zero-order valence-corrected chi connectivity index (χ0v) is 14.9. The second kappa shape index (κ2) is 6.51. The molecule has 4 rings (SSSR count). The fourth-order valence-electron chi connectivity index (χ4n) is 2.86. The summed E-state index contributed by atoms with van der Waals surface area (Å²) in [5, 5.41) is 10.8. The van der Waals surface area contributed by atoms with Crippen LogP contribution < -0.4 is 4.90 Å². The number of rotatable bonds is 2. The number of ether oxygens (including phenoxy) is 1. The van der Waals surface area contributed by atoms with Crippen molar-refractivity contribution in [2.75, 3.05) is 24.6 Å². The molecular weight excluding hydrogens is 415 g/mol. The second-order valence-electron chi connectivity index (χ2n) is 5.84. The van der Waals surface area contributed by atoms with Gasteiger partial charge >= 0.3 is 6.18 Å². The minimum absolute atomic E-state index is 0.0544. The van der Waals surface area contributed by atoms with E-state index in [1.54, 1.807) is 6.07 Å². The van der Waals surface area contributed by atoms with Gasteiger partial charge in [0.25, 0.3) is 5.82 Å². The first-order valence-corrected chi connectivity index (χ1v) is 8.63. The minimum Gasteiger partial charge on any atom is -0.370 e. The Hall–Kier alpha value is -2.20. The molecule has 0 saturated carbocycles. The Morgan fingerprint density at radius 1 is 1.08 bits per heavy atom. The summed E-state index contributed by atoms with van der Waals surface area (Å²) in [6.07, 6.45) is -4.80. The zero-order chi connectivity index (χ0) is 18.3. The van der Waals surface area contributed by atoms with Crippen molar-refractivity contribution in [2.45, 2.75) is 12.3 Å². The van der Waals surface area contributed by atoms with Crippen LogP contribution in [0.3, 0.4) is 0 Å². The molecule has 0 spiro atoms. The van der Waals surface area contributed by atoms with Crippen LogP contribution in [0.4, 0.5) is 19.0 Å². The quantitative estimate of drug-likeness (QED) is 0.626. The Morgan fingerprint density at radius 3 is 2.58 bits per heavy atom. The van der Waals surface area contributed by atoms with Crippen LogP contribution in [0.5, 0.6) is 0 Å². The monoisotopic (exact) mass is 427 g/mol. The van der Waals surface area contributed by atoms with E-state index >= 15 is 0 Å². The number of hydrogen-bond donors (Lipinski definition) is 0. The Labute approximate surface area is 154 Å². The molecule has 6 nitrogen and oxygen atoms in total. The van der Waals surface area contributed by atoms with E-state index in [9.17, 15) is 13.2 Å². The molecule has 136 valence electrons. The van der Waals surface area contributed by atoms with Gasteiger partial charge in [-0.2, -0.15) is 17.7 Å². The largest absolute Gasteiger partial charge is 0.453 e. The average molecular weight is 428 g/mol. The molecule has 1 aromatic carbocycles. The van der Waals surface area contributed by atoms with Crippen molar-refractivity contribution in [2.24, 2.45) is 0 Å². The maximum Gasteiger partial charge on any atom is 0.453 e. The number of aromatic nitrogens is 4. The highest BCUT2D eigenvalue weighted by atomic mass is 79.9. The van der Waals surface area contributed by atoms with E-state index in [1.807, 2.05) is 29.2 Å². The number of hydrogen-bond acceptors (Lipinski definition) is 5. The van der Waals surface area contributed by atoms with Gasteiger partial charge in [0.2, 0.25) is 0 Å². The summed E-state index contributed by atoms with van der Waals surface area (Å²) >= 11 is 3.39. The van der Waals surface area contributed by atoms with E-state index in [4.69, 9.17) is 4.74 Å². The summed E-state index contributed by atoms with van der Waals surface area (Å²) < 4.78 is 46.6. The highest BCUT2D eigenvalue weighted by molar-refractivity contribution is 9.10. The smallest absolute Gasteiger partial charge is 0.370 e. The van der Waals surface area contributed by atoms with E-state index in [1.165, 1.54) is 6.07 Å². The molecule has 3 heterocycles. The molecular formula is C16H13BrF3N5O. The van der Waals surface area contributed by atoms with Gasteiger partial charge in [0, 0.05) is 17.6 Å². The van der Waals surface area contributed by atoms with Gasteiger partial charge in [0.15, 0.2) is 5.65 Å². The van der Waals surface area contributed by atoms with Gasteiger partial charge in [0.05, 0.1) is 6.61 Å². The van der Waals surface area contributed by atoms with Crippen LogP contribution in [0.25, 0.3) is 5.65 Å². The number of benzene rings is 1. The third-order valence-electron chi connectivity index (χ3n) is 4.13. The second-order valence-corrected chi connectivity index (χ2v) is 6.76. The predicted octanol–water partition coefficient (Wildman–Crippen LogP) is 3.48. The molecule has 0 radical (unpaired) electrons. The van der Waals surface area contributed by atoms with Gasteiger partial charge in [-0.25, -0.2) is 0 Å². The first kappa shape index (κ1) is 17.2. The number of nitrogens with zero attached hydrogens (tertiary/aromatic N) is 5. The van der Waals surface area contributed by atoms with Crippen LogP contribution in [-0.4, -0.2) is 39.5 Å². The fraction of sp³-hybridized carbons (Fsp3) is 0.312. The number of morpholine rings is 1. The van der Waals surface area contributed by atoms with Crippen molar-refractivity contribution in [3.05, 3.63) is 52.3 Å². The third kappa shape index (κ3) is 3.26. The fourth-order valence-corrected chi connectivity index (χ4v) is 3.13. The molecule has 26 heavy (non-hydrogen) atoms. The molecule has 0 aliphatic carbocycles. The van der Waals surface area contributed by atoms with Gasteiger partial charge in [0.1, 0.15) is 11.9 Å². The molecule has 1 aliphatic heterocycles. The van der Waals surface area contributed by atoms with E-state index in [-0.39, 0.29) is 11.8 Å². The van der Waals surface area contributed by atoms with E-state index < -0.39 is 12.0 Å². The lowest BCUT2D eigenvalue weighted by Gasteiger charge is -2.33. The Bertz CT molecular complexity index is 928. The maximum absolute atomic E-state index is 13.0. The van der Waals surface area contributed by atoms with E-state index in [0.29, 0.717) is 25.5 Å². The summed E-state index contributed by atoms with van der Waals surface area (Å²) in [7, 11) is 0. The minimum atomic E-state index is -4.62. The first-order chi connectivity index (χ1) is 12.4. The molecule has 0 N–H and O–H groups in total. The number of fused-ring (bicyclic) bond motifs is 1. The standard InChI is InChI=1S/C16H13BrF3N5O/c17-11-3-1-10(2-4-11)12-9-24(7-8-26-12)14-6-5-13-21-22-15(16(18,19)20)25(13)23-14/h1-6,12H,7-9H2. The van der Waals surface area contributed by atoms with Gasteiger partial charge in [-0.3, -0.25) is 0 Å². The lowest BCUT2D eigenvalue weighted by molar-refractivity contribution is -0.146. The maximum atomic E-state index is 13.0. The predicted molar refractivity (Wildman–Crippen MR) is 90.8 cm³/mol. The molecule has 1 aliphatic rings. The van der Waals surface area contributed by atoms with Crippen LogP contribution in [0.1, 0.15) is 17.5 Å². The van der Waals surface area contributed by atoms with Gasteiger partial charge in [-0.05, 0) is 29.8 Å². The summed E-state index contributed by atoms with van der Waals surface area (Å²) in [6.45, 7) is 1.48. The number of halogens is 4. The van der Waals surface area contributed by atoms with Crippen molar-refractivity contribution in [1.82, 2.24) is 19.8 Å². The summed E-state index contributed by atoms with van der Waals surface area (Å²) in [5.74, 6) is -0.708. The molecule has 0 bridgehead atoms. The molecule has 1 atom stereocenters. The molecule has 2 aromatic heterocycles. The first-order valence-electron chi connectivity index (χ1n) is 7.83. The summed E-state index contributed by atoms with van der Waals surface area (Å²) in [4.78, 5) is 1.90. The van der Waals surface area contributed by atoms with Gasteiger partial charge in [-0.15, -0.1) is 15.3 Å². The molecule has 10 heteroatoms. The molecule has 1 saturated heterocycles. The highest BCUT2D eigenvalue weighted by Crippen LogP contribution is 2.29. The van der Waals surface area contributed by atoms with E-state index in [2.05, 4.69) is 31.2 Å². The SMILES string of the molecule is FC(F)(F)c1nnc2ccc(N3CCOC(c4ccc(Br)cc4)C3)nn12. The zero-order valence-electron chi connectivity index (χ0n) is 13.3. The molecule has 1 unspecified atom stereocenters. The molecule has 0 amide bonds. The summed E-state index contributed by atoms with van der Waals surface area (Å²) in [5.41, 5.74) is 1.05. The normalized spacial score (nSPS) is 18.5. The van der Waals surface area contributed by atoms with Crippen LogP contribution in [-0.2, 0) is 10.9 Å². The van der Waals surface area contributed by atoms with Crippen LogP contribution in [0, 0.1) is 0 Å². The highest BCUT2D eigenvalue weighted by Gasteiger charge is 2.38.